The molecule has 0 atom stereocenters. The van der Waals surface area contributed by atoms with E-state index in [1.807, 2.05) is 6.07 Å². The van der Waals surface area contributed by atoms with Crippen LogP contribution in [0.2, 0.25) is 0 Å². The van der Waals surface area contributed by atoms with Gasteiger partial charge in [-0.1, -0.05) is 24.3 Å². The number of thiophene rings is 1. The number of nitro groups is 1. The van der Waals surface area contributed by atoms with Gasteiger partial charge in [0.15, 0.2) is 0 Å². The summed E-state index contributed by atoms with van der Waals surface area (Å²) < 4.78 is 24.2. The Morgan fingerprint density at radius 3 is 2.63 bits per heavy atom. The van der Waals surface area contributed by atoms with Crippen LogP contribution in [0.15, 0.2) is 76.0 Å². The van der Waals surface area contributed by atoms with Gasteiger partial charge in [0, 0.05) is 34.7 Å². The number of non-ortho nitro benzene ring substituents is 1. The van der Waals surface area contributed by atoms with Gasteiger partial charge in [0.25, 0.3) is 11.6 Å². The Morgan fingerprint density at radius 2 is 1.95 bits per heavy atom. The van der Waals surface area contributed by atoms with Crippen LogP contribution in [0.1, 0.15) is 23.0 Å². The summed E-state index contributed by atoms with van der Waals surface area (Å²) in [6, 6.07) is 16.2. The Hall–Kier alpha value is -5.08. The summed E-state index contributed by atoms with van der Waals surface area (Å²) in [5.74, 6) is -1.44. The summed E-state index contributed by atoms with van der Waals surface area (Å²) in [7, 11) is 0. The lowest BCUT2D eigenvalue weighted by molar-refractivity contribution is -0.384. The molecule has 2 heterocycles. The SMILES string of the molecule is CCOC(=O)c1c(-c2ccc(F)cc2)csc1NC(=O)/C(C#N)=C/c1ccc(-c2cccc([N+](=O)[O-])c2)o1. The van der Waals surface area contributed by atoms with Gasteiger partial charge in [-0.25, -0.2) is 9.18 Å². The minimum absolute atomic E-state index is 0.0834. The molecular formula is C27H18FN3O6S. The highest BCUT2D eigenvalue weighted by Crippen LogP contribution is 2.36. The van der Waals surface area contributed by atoms with Crippen molar-refractivity contribution in [3.63, 3.8) is 0 Å². The number of nitriles is 1. The van der Waals surface area contributed by atoms with E-state index in [9.17, 15) is 29.4 Å². The molecule has 11 heteroatoms. The number of anilines is 1. The van der Waals surface area contributed by atoms with Crippen LogP contribution < -0.4 is 5.32 Å². The predicted molar refractivity (Wildman–Crippen MR) is 139 cm³/mol. The van der Waals surface area contributed by atoms with E-state index in [1.165, 1.54) is 54.6 Å². The minimum atomic E-state index is -0.793. The number of ether oxygens (including phenoxy) is 1. The molecule has 0 saturated heterocycles. The fraction of sp³-hybridized carbons (Fsp3) is 0.0741. The fourth-order valence-electron chi connectivity index (χ4n) is 3.52. The molecule has 1 N–H and O–H groups in total. The summed E-state index contributed by atoms with van der Waals surface area (Å²) in [5.41, 5.74) is 1.11. The second kappa shape index (κ2) is 11.3. The molecule has 0 aliphatic rings. The maximum absolute atomic E-state index is 13.4. The minimum Gasteiger partial charge on any atom is -0.462 e. The maximum Gasteiger partial charge on any atom is 0.341 e. The van der Waals surface area contributed by atoms with Gasteiger partial charge in [-0.2, -0.15) is 5.26 Å². The van der Waals surface area contributed by atoms with Crippen LogP contribution in [-0.2, 0) is 9.53 Å². The third-order valence-electron chi connectivity index (χ3n) is 5.27. The average molecular weight is 532 g/mol. The van der Waals surface area contributed by atoms with Crippen LogP contribution in [0.4, 0.5) is 15.1 Å². The second-order valence-corrected chi connectivity index (χ2v) is 8.59. The number of furan rings is 1. The number of rotatable bonds is 8. The Kier molecular flexibility index (Phi) is 7.74. The lowest BCUT2D eigenvalue weighted by Gasteiger charge is -2.08. The zero-order valence-electron chi connectivity index (χ0n) is 19.8. The molecule has 2 aromatic carbocycles. The maximum atomic E-state index is 13.4. The predicted octanol–water partition coefficient (Wildman–Crippen LogP) is 6.44. The van der Waals surface area contributed by atoms with Crippen molar-refractivity contribution in [3.05, 3.63) is 98.9 Å². The molecule has 2 aromatic heterocycles. The van der Waals surface area contributed by atoms with E-state index in [0.717, 1.165) is 11.3 Å². The van der Waals surface area contributed by atoms with Gasteiger partial charge in [-0.3, -0.25) is 14.9 Å². The Morgan fingerprint density at radius 1 is 1.18 bits per heavy atom. The van der Waals surface area contributed by atoms with Gasteiger partial charge in [0.2, 0.25) is 0 Å². The molecule has 190 valence electrons. The van der Waals surface area contributed by atoms with Crippen molar-refractivity contribution in [2.24, 2.45) is 0 Å². The number of carbonyl (C=O) groups excluding carboxylic acids is 2. The van der Waals surface area contributed by atoms with E-state index in [2.05, 4.69) is 5.32 Å². The zero-order valence-corrected chi connectivity index (χ0v) is 20.6. The van der Waals surface area contributed by atoms with Crippen molar-refractivity contribution >= 4 is 40.0 Å². The van der Waals surface area contributed by atoms with Gasteiger partial charge in [-0.05, 0) is 36.8 Å². The van der Waals surface area contributed by atoms with Crippen LogP contribution in [-0.4, -0.2) is 23.4 Å². The van der Waals surface area contributed by atoms with E-state index in [1.54, 1.807) is 24.4 Å². The molecule has 0 fully saturated rings. The number of halogens is 1. The number of esters is 1. The molecule has 0 saturated carbocycles. The Balaban J connectivity index is 1.61. The van der Waals surface area contributed by atoms with Crippen molar-refractivity contribution < 1.29 is 28.1 Å². The topological polar surface area (TPSA) is 135 Å². The molecular weight excluding hydrogens is 513 g/mol. The number of nitrogens with zero attached hydrogens (tertiary/aromatic N) is 2. The van der Waals surface area contributed by atoms with Crippen molar-refractivity contribution in [2.45, 2.75) is 6.92 Å². The highest BCUT2D eigenvalue weighted by Gasteiger charge is 2.24. The summed E-state index contributed by atoms with van der Waals surface area (Å²) in [6.45, 7) is 1.74. The van der Waals surface area contributed by atoms with Gasteiger partial charge in [0.1, 0.15) is 39.5 Å². The van der Waals surface area contributed by atoms with Gasteiger partial charge >= 0.3 is 5.97 Å². The van der Waals surface area contributed by atoms with E-state index < -0.39 is 22.6 Å². The first kappa shape index (κ1) is 26.0. The van der Waals surface area contributed by atoms with Gasteiger partial charge in [-0.15, -0.1) is 11.3 Å². The van der Waals surface area contributed by atoms with Gasteiger partial charge < -0.3 is 14.5 Å². The first-order valence-electron chi connectivity index (χ1n) is 11.1. The van der Waals surface area contributed by atoms with Crippen molar-refractivity contribution in [1.82, 2.24) is 0 Å². The number of hydrogen-bond donors (Lipinski definition) is 1. The number of carbonyl (C=O) groups is 2. The number of hydrogen-bond acceptors (Lipinski definition) is 8. The molecule has 4 aromatic rings. The largest absolute Gasteiger partial charge is 0.462 e. The van der Waals surface area contributed by atoms with Crippen molar-refractivity contribution in [1.29, 1.82) is 5.26 Å². The van der Waals surface area contributed by atoms with Crippen LogP contribution in [0, 0.1) is 27.3 Å². The highest BCUT2D eigenvalue weighted by atomic mass is 32.1. The molecule has 0 radical (unpaired) electrons. The number of nitrogens with one attached hydrogen (secondary N) is 1. The molecule has 1 amide bonds. The zero-order chi connectivity index (χ0) is 27.2. The van der Waals surface area contributed by atoms with Crippen molar-refractivity contribution in [3.8, 4) is 28.5 Å². The molecule has 4 rings (SSSR count). The third-order valence-corrected chi connectivity index (χ3v) is 6.17. The van der Waals surface area contributed by atoms with Crippen molar-refractivity contribution in [2.75, 3.05) is 11.9 Å². The first-order valence-corrected chi connectivity index (χ1v) is 12.0. The lowest BCUT2D eigenvalue weighted by atomic mass is 10.0. The second-order valence-electron chi connectivity index (χ2n) is 7.71. The fourth-order valence-corrected chi connectivity index (χ4v) is 4.47. The summed E-state index contributed by atoms with van der Waals surface area (Å²) in [6.07, 6.45) is 1.22. The number of nitro benzene ring substituents is 1. The van der Waals surface area contributed by atoms with E-state index >= 15 is 0 Å². The van der Waals surface area contributed by atoms with E-state index in [-0.39, 0.29) is 34.2 Å². The molecule has 0 unspecified atom stereocenters. The monoisotopic (exact) mass is 531 g/mol. The number of amides is 1. The summed E-state index contributed by atoms with van der Waals surface area (Å²) >= 11 is 1.06. The Bertz CT molecular complexity index is 1600. The molecule has 38 heavy (non-hydrogen) atoms. The van der Waals surface area contributed by atoms with E-state index in [4.69, 9.17) is 9.15 Å². The molecule has 0 aliphatic heterocycles. The molecule has 0 bridgehead atoms. The summed E-state index contributed by atoms with van der Waals surface area (Å²) in [5, 5.41) is 25.0. The quantitative estimate of drug-likeness (QED) is 0.0908. The van der Waals surface area contributed by atoms with Crippen LogP contribution in [0.3, 0.4) is 0 Å². The normalized spacial score (nSPS) is 11.0. The van der Waals surface area contributed by atoms with Crippen LogP contribution >= 0.6 is 11.3 Å². The van der Waals surface area contributed by atoms with Gasteiger partial charge in [0.05, 0.1) is 11.5 Å². The molecule has 0 aliphatic carbocycles. The third kappa shape index (κ3) is 5.66. The lowest BCUT2D eigenvalue weighted by Crippen LogP contribution is -2.16. The number of benzene rings is 2. The Labute approximate surface area is 219 Å². The standard InChI is InChI=1S/C27H18FN3O6S/c1-2-36-27(33)24-22(16-6-8-19(28)9-7-16)15-38-26(24)30-25(32)18(14-29)13-21-10-11-23(37-21)17-4-3-5-20(12-17)31(34)35/h3-13,15H,2H2,1H3,(H,30,32)/b18-13+. The highest BCUT2D eigenvalue weighted by molar-refractivity contribution is 7.15. The van der Waals surface area contributed by atoms with E-state index in [0.29, 0.717) is 22.5 Å². The average Bonchev–Trinajstić information content (AvgIpc) is 3.55. The van der Waals surface area contributed by atoms with Crippen LogP contribution in [0.25, 0.3) is 28.5 Å². The summed E-state index contributed by atoms with van der Waals surface area (Å²) in [4.78, 5) is 36.2. The molecule has 9 nitrogen and oxygen atoms in total. The first-order chi connectivity index (χ1) is 18.3. The smallest absolute Gasteiger partial charge is 0.341 e. The van der Waals surface area contributed by atoms with Crippen LogP contribution in [0.5, 0.6) is 0 Å². The molecule has 0 spiro atoms.